The van der Waals surface area contributed by atoms with E-state index in [1.54, 1.807) is 36.4 Å². The molecule has 0 N–H and O–H groups in total. The van der Waals surface area contributed by atoms with Crippen molar-refractivity contribution in [3.05, 3.63) is 65.5 Å². The van der Waals surface area contributed by atoms with E-state index in [9.17, 15) is 14.0 Å². The molecule has 27 heavy (non-hydrogen) atoms. The van der Waals surface area contributed by atoms with Crippen LogP contribution in [0.15, 0.2) is 48.5 Å². The van der Waals surface area contributed by atoms with Gasteiger partial charge in [-0.25, -0.2) is 4.39 Å². The molecule has 1 atom stereocenters. The summed E-state index contributed by atoms with van der Waals surface area (Å²) in [6.45, 7) is 2.72. The van der Waals surface area contributed by atoms with Crippen molar-refractivity contribution in [2.24, 2.45) is 0 Å². The monoisotopic (exact) mass is 369 g/mol. The quantitative estimate of drug-likeness (QED) is 0.531. The summed E-state index contributed by atoms with van der Waals surface area (Å²) < 4.78 is 18.8. The molecule has 2 aromatic carbocycles. The van der Waals surface area contributed by atoms with Crippen LogP contribution >= 0.6 is 0 Å². The number of carbonyl (C=O) groups excluding carboxylic acids is 2. The molecule has 0 aromatic heterocycles. The molecule has 4 nitrogen and oxygen atoms in total. The Morgan fingerprint density at radius 1 is 1.11 bits per heavy atom. The third-order valence-corrected chi connectivity index (χ3v) is 4.89. The summed E-state index contributed by atoms with van der Waals surface area (Å²) in [7, 11) is 0. The molecule has 5 heteroatoms. The first-order valence-corrected chi connectivity index (χ1v) is 9.33. The zero-order chi connectivity index (χ0) is 19.2. The molecule has 0 aliphatic carbocycles. The minimum atomic E-state index is -0.261. The highest BCUT2D eigenvalue weighted by molar-refractivity contribution is 5.94. The highest BCUT2D eigenvalue weighted by Crippen LogP contribution is 2.32. The SMILES string of the molecule is CC(=O)c1ccc(OCCCC(=O)N2CCCC2c2ccc(F)cc2)cc1. The van der Waals surface area contributed by atoms with E-state index in [0.717, 1.165) is 24.9 Å². The fraction of sp³-hybridized carbons (Fsp3) is 0.364. The van der Waals surface area contributed by atoms with E-state index in [-0.39, 0.29) is 23.5 Å². The van der Waals surface area contributed by atoms with Gasteiger partial charge in [-0.15, -0.1) is 0 Å². The third kappa shape index (κ3) is 4.94. The number of ketones is 1. The van der Waals surface area contributed by atoms with Gasteiger partial charge in [-0.1, -0.05) is 12.1 Å². The van der Waals surface area contributed by atoms with E-state index >= 15 is 0 Å². The Hall–Kier alpha value is -2.69. The van der Waals surface area contributed by atoms with Gasteiger partial charge in [0.2, 0.25) is 5.91 Å². The van der Waals surface area contributed by atoms with E-state index in [0.29, 0.717) is 30.8 Å². The van der Waals surface area contributed by atoms with E-state index in [4.69, 9.17) is 4.74 Å². The van der Waals surface area contributed by atoms with Gasteiger partial charge in [0.25, 0.3) is 0 Å². The molecular weight excluding hydrogens is 345 g/mol. The van der Waals surface area contributed by atoms with E-state index in [1.807, 2.05) is 4.90 Å². The molecule has 0 bridgehead atoms. The van der Waals surface area contributed by atoms with Crippen LogP contribution in [0.2, 0.25) is 0 Å². The van der Waals surface area contributed by atoms with Gasteiger partial charge in [-0.05, 0) is 68.1 Å². The number of carbonyl (C=O) groups is 2. The zero-order valence-corrected chi connectivity index (χ0v) is 15.5. The van der Waals surface area contributed by atoms with Gasteiger partial charge in [-0.2, -0.15) is 0 Å². The number of rotatable bonds is 7. The second kappa shape index (κ2) is 8.80. The van der Waals surface area contributed by atoms with Crippen molar-refractivity contribution in [1.29, 1.82) is 0 Å². The van der Waals surface area contributed by atoms with Crippen LogP contribution in [-0.2, 0) is 4.79 Å². The van der Waals surface area contributed by atoms with Crippen LogP contribution in [0.1, 0.15) is 54.6 Å². The summed E-state index contributed by atoms with van der Waals surface area (Å²) in [6.07, 6.45) is 2.92. The fourth-order valence-corrected chi connectivity index (χ4v) is 3.44. The Morgan fingerprint density at radius 3 is 2.48 bits per heavy atom. The predicted octanol–water partition coefficient (Wildman–Crippen LogP) is 4.55. The summed E-state index contributed by atoms with van der Waals surface area (Å²) in [5.41, 5.74) is 1.64. The van der Waals surface area contributed by atoms with E-state index in [2.05, 4.69) is 0 Å². The molecular formula is C22H24FNO3. The Bertz CT molecular complexity index is 786. The highest BCUT2D eigenvalue weighted by Gasteiger charge is 2.29. The van der Waals surface area contributed by atoms with Gasteiger partial charge in [0.1, 0.15) is 11.6 Å². The second-order valence-electron chi connectivity index (χ2n) is 6.83. The van der Waals surface area contributed by atoms with Gasteiger partial charge in [0, 0.05) is 18.5 Å². The largest absolute Gasteiger partial charge is 0.494 e. The van der Waals surface area contributed by atoms with Crippen molar-refractivity contribution in [3.63, 3.8) is 0 Å². The van der Waals surface area contributed by atoms with Crippen LogP contribution in [-0.4, -0.2) is 29.7 Å². The molecule has 1 amide bonds. The molecule has 0 saturated carbocycles. The number of nitrogens with zero attached hydrogens (tertiary/aromatic N) is 1. The van der Waals surface area contributed by atoms with Crippen molar-refractivity contribution in [1.82, 2.24) is 4.90 Å². The van der Waals surface area contributed by atoms with Gasteiger partial charge >= 0.3 is 0 Å². The lowest BCUT2D eigenvalue weighted by atomic mass is 10.0. The Balaban J connectivity index is 1.47. The molecule has 1 unspecified atom stereocenters. The minimum Gasteiger partial charge on any atom is -0.494 e. The average Bonchev–Trinajstić information content (AvgIpc) is 3.16. The molecule has 1 heterocycles. The Labute approximate surface area is 158 Å². The normalized spacial score (nSPS) is 16.4. The fourth-order valence-electron chi connectivity index (χ4n) is 3.44. The number of halogens is 1. The number of benzene rings is 2. The summed E-state index contributed by atoms with van der Waals surface area (Å²) in [5, 5.41) is 0. The summed E-state index contributed by atoms with van der Waals surface area (Å²) in [5.74, 6) is 0.562. The van der Waals surface area contributed by atoms with Crippen LogP contribution in [0.25, 0.3) is 0 Å². The van der Waals surface area contributed by atoms with Crippen LogP contribution in [0.4, 0.5) is 4.39 Å². The summed E-state index contributed by atoms with van der Waals surface area (Å²) >= 11 is 0. The molecule has 0 spiro atoms. The number of ether oxygens (including phenoxy) is 1. The number of hydrogen-bond acceptors (Lipinski definition) is 3. The first-order chi connectivity index (χ1) is 13.0. The number of likely N-dealkylation sites (tertiary alicyclic amines) is 1. The maximum Gasteiger partial charge on any atom is 0.223 e. The number of Topliss-reactive ketones (excluding diaryl/α,β-unsaturated/α-hetero) is 1. The van der Waals surface area contributed by atoms with Crippen LogP contribution in [0, 0.1) is 5.82 Å². The van der Waals surface area contributed by atoms with Gasteiger partial charge in [0.15, 0.2) is 5.78 Å². The Kier molecular flexibility index (Phi) is 6.22. The molecule has 2 aromatic rings. The van der Waals surface area contributed by atoms with Gasteiger partial charge in [-0.3, -0.25) is 9.59 Å². The standard InChI is InChI=1S/C22H24FNO3/c1-16(25)17-8-12-20(13-9-17)27-15-3-5-22(26)24-14-2-4-21(24)18-6-10-19(23)11-7-18/h6-13,21H,2-5,14-15H2,1H3. The van der Waals surface area contributed by atoms with Gasteiger partial charge < -0.3 is 9.64 Å². The van der Waals surface area contributed by atoms with Crippen molar-refractivity contribution in [3.8, 4) is 5.75 Å². The van der Waals surface area contributed by atoms with Crippen LogP contribution in [0.5, 0.6) is 5.75 Å². The summed E-state index contributed by atoms with van der Waals surface area (Å²) in [6, 6.07) is 13.5. The summed E-state index contributed by atoms with van der Waals surface area (Å²) in [4.78, 5) is 25.7. The molecule has 1 aliphatic rings. The van der Waals surface area contributed by atoms with Gasteiger partial charge in [0.05, 0.1) is 12.6 Å². The maximum absolute atomic E-state index is 13.1. The lowest BCUT2D eigenvalue weighted by Gasteiger charge is -2.25. The van der Waals surface area contributed by atoms with Crippen molar-refractivity contribution < 1.29 is 18.7 Å². The molecule has 1 aliphatic heterocycles. The minimum absolute atomic E-state index is 0.0217. The average molecular weight is 369 g/mol. The third-order valence-electron chi connectivity index (χ3n) is 4.89. The topological polar surface area (TPSA) is 46.6 Å². The molecule has 1 saturated heterocycles. The first kappa shape index (κ1) is 19.1. The van der Waals surface area contributed by atoms with E-state index < -0.39 is 0 Å². The molecule has 3 rings (SSSR count). The smallest absolute Gasteiger partial charge is 0.223 e. The zero-order valence-electron chi connectivity index (χ0n) is 15.5. The molecule has 0 radical (unpaired) electrons. The van der Waals surface area contributed by atoms with E-state index in [1.165, 1.54) is 19.1 Å². The first-order valence-electron chi connectivity index (χ1n) is 9.33. The van der Waals surface area contributed by atoms with Crippen molar-refractivity contribution in [2.45, 2.75) is 38.6 Å². The van der Waals surface area contributed by atoms with Crippen molar-refractivity contribution in [2.75, 3.05) is 13.2 Å². The number of hydrogen-bond donors (Lipinski definition) is 0. The lowest BCUT2D eigenvalue weighted by molar-refractivity contribution is -0.132. The Morgan fingerprint density at radius 2 is 1.81 bits per heavy atom. The highest BCUT2D eigenvalue weighted by atomic mass is 19.1. The van der Waals surface area contributed by atoms with Crippen LogP contribution in [0.3, 0.4) is 0 Å². The lowest BCUT2D eigenvalue weighted by Crippen LogP contribution is -2.30. The molecule has 142 valence electrons. The maximum atomic E-state index is 13.1. The predicted molar refractivity (Wildman–Crippen MR) is 101 cm³/mol. The second-order valence-corrected chi connectivity index (χ2v) is 6.83. The van der Waals surface area contributed by atoms with Crippen LogP contribution < -0.4 is 4.74 Å². The number of amides is 1. The molecule has 1 fully saturated rings. The van der Waals surface area contributed by atoms with Crippen molar-refractivity contribution >= 4 is 11.7 Å².